The van der Waals surface area contributed by atoms with Gasteiger partial charge in [-0.25, -0.2) is 9.97 Å². The van der Waals surface area contributed by atoms with Crippen molar-refractivity contribution in [2.75, 3.05) is 13.2 Å². The average molecular weight is 1070 g/mol. The summed E-state index contributed by atoms with van der Waals surface area (Å²) in [5.74, 6) is 0.435. The molecule has 4 N–H and O–H groups in total. The van der Waals surface area contributed by atoms with Gasteiger partial charge in [-0.2, -0.15) is 5.26 Å². The maximum atomic E-state index is 14.2. The lowest BCUT2D eigenvalue weighted by atomic mass is 9.49. The SMILES string of the molecule is Cc1ncsc1-c1ccc([C@H](C)NC(=O)[C@@H]2C[C@@H](O)CN2C(=O)[C@@H](NC(=O)COc2ccc(OC3CCC(Oc4ccc(C(=O)N[C@H]5C(C)(C)[C@H](Oc6ccc(C#N)c(Cl)c6)C5(C)C)cc4)CC3)nc2)C(C)(C)C)cc1. The van der Waals surface area contributed by atoms with E-state index in [1.54, 1.807) is 53.8 Å². The highest BCUT2D eigenvalue weighted by atomic mass is 35.5. The number of aliphatic hydroxyl groups excluding tert-OH is 1. The van der Waals surface area contributed by atoms with Gasteiger partial charge in [0.2, 0.25) is 17.7 Å². The standard InChI is InChI=1S/C58H68ClN7O9S/c1-33(35-10-12-36(13-11-35)49-34(2)62-32-76-49)63-52(70)46-26-39(67)30-66(46)53(71)50(56(3,4)5)64-47(68)31-72-44-24-25-48(61-29-44)74-42-22-20-41(21-23-42)73-40-17-14-37(15-18-40)51(69)65-54-57(6,7)55(58(54,8)9)75-43-19-16-38(28-60)45(59)27-43/h10-19,24-25,27,29,32-33,39,41-42,46,50,54-55,67H,20-23,26,30-31H2,1-9H3,(H,63,70)(H,64,68)(H,65,69)/t33-,39+,41?,42?,46-,50+,54-,55-/m0/s1. The average Bonchev–Trinajstić information content (AvgIpc) is 4.08. The summed E-state index contributed by atoms with van der Waals surface area (Å²) >= 11 is 7.83. The number of benzene rings is 3. The number of likely N-dealkylation sites (tertiary alicyclic amines) is 1. The van der Waals surface area contributed by atoms with Crippen LogP contribution in [0.4, 0.5) is 0 Å². The quantitative estimate of drug-likeness (QED) is 0.0686. The van der Waals surface area contributed by atoms with E-state index in [-0.39, 0.29) is 61.8 Å². The molecule has 3 aromatic carbocycles. The molecule has 18 heteroatoms. The summed E-state index contributed by atoms with van der Waals surface area (Å²) < 4.78 is 24.7. The highest BCUT2D eigenvalue weighted by molar-refractivity contribution is 7.13. The Balaban J connectivity index is 0.758. The number of ether oxygens (including phenoxy) is 4. The molecule has 3 aliphatic rings. The van der Waals surface area contributed by atoms with Gasteiger partial charge >= 0.3 is 0 Å². The van der Waals surface area contributed by atoms with Gasteiger partial charge in [0, 0.05) is 47.5 Å². The largest absolute Gasteiger partial charge is 0.490 e. The van der Waals surface area contributed by atoms with Crippen molar-refractivity contribution in [2.45, 2.75) is 143 Å². The topological polar surface area (TPSA) is 214 Å². The molecule has 0 spiro atoms. The van der Waals surface area contributed by atoms with Gasteiger partial charge in [-0.1, -0.05) is 84.3 Å². The fraction of sp³-hybridized carbons (Fsp3) is 0.466. The van der Waals surface area contributed by atoms with Crippen LogP contribution in [-0.2, 0) is 14.4 Å². The van der Waals surface area contributed by atoms with Crippen LogP contribution in [0, 0.1) is 34.5 Å². The van der Waals surface area contributed by atoms with Gasteiger partial charge in [0.25, 0.3) is 11.8 Å². The monoisotopic (exact) mass is 1070 g/mol. The second-order valence-electron chi connectivity index (χ2n) is 22.5. The number of pyridine rings is 1. The molecule has 76 heavy (non-hydrogen) atoms. The summed E-state index contributed by atoms with van der Waals surface area (Å²) in [5, 5.41) is 29.3. The van der Waals surface area contributed by atoms with Crippen molar-refractivity contribution in [3.05, 3.63) is 118 Å². The number of aliphatic hydroxyl groups is 1. The molecule has 16 nitrogen and oxygen atoms in total. The number of nitrogens with one attached hydrogen (secondary N) is 3. The molecule has 0 bridgehead atoms. The van der Waals surface area contributed by atoms with Crippen molar-refractivity contribution >= 4 is 46.6 Å². The van der Waals surface area contributed by atoms with Crippen LogP contribution in [0.5, 0.6) is 23.1 Å². The molecule has 5 aromatic rings. The zero-order chi connectivity index (χ0) is 54.7. The van der Waals surface area contributed by atoms with E-state index in [0.717, 1.165) is 47.4 Å². The predicted octanol–water partition coefficient (Wildman–Crippen LogP) is 9.17. The van der Waals surface area contributed by atoms with Crippen molar-refractivity contribution in [3.63, 3.8) is 0 Å². The molecule has 3 heterocycles. The molecular weight excluding hydrogens is 1010 g/mol. The van der Waals surface area contributed by atoms with Gasteiger partial charge in [0.05, 0.1) is 51.1 Å². The van der Waals surface area contributed by atoms with E-state index in [0.29, 0.717) is 39.3 Å². The molecule has 0 radical (unpaired) electrons. The Morgan fingerprint density at radius 2 is 1.51 bits per heavy atom. The Hall–Kier alpha value is -6.74. The number of carbonyl (C=O) groups excluding carboxylic acids is 4. The van der Waals surface area contributed by atoms with Gasteiger partial charge in [-0.3, -0.25) is 19.2 Å². The van der Waals surface area contributed by atoms with Crippen molar-refractivity contribution < 1.29 is 43.2 Å². The van der Waals surface area contributed by atoms with E-state index in [9.17, 15) is 29.5 Å². The normalized spacial score (nSPS) is 22.4. The molecule has 4 atom stereocenters. The van der Waals surface area contributed by atoms with Crippen LogP contribution in [0.2, 0.25) is 5.02 Å². The molecule has 402 valence electrons. The third-order valence-corrected chi connectivity index (χ3v) is 16.2. The number of hydrogen-bond acceptors (Lipinski definition) is 13. The summed E-state index contributed by atoms with van der Waals surface area (Å²) in [6.07, 6.45) is 3.37. The number of halogens is 1. The Bertz CT molecular complexity index is 2910. The number of amides is 4. The third-order valence-electron chi connectivity index (χ3n) is 14.9. The van der Waals surface area contributed by atoms with Gasteiger partial charge in [0.15, 0.2) is 6.61 Å². The van der Waals surface area contributed by atoms with Crippen LogP contribution in [0.1, 0.15) is 121 Å². The number of aromatic nitrogens is 2. The fourth-order valence-corrected chi connectivity index (χ4v) is 12.0. The van der Waals surface area contributed by atoms with Crippen LogP contribution in [0.3, 0.4) is 0 Å². The van der Waals surface area contributed by atoms with E-state index < -0.39 is 46.2 Å². The van der Waals surface area contributed by atoms with E-state index in [1.165, 1.54) is 11.1 Å². The van der Waals surface area contributed by atoms with Crippen molar-refractivity contribution in [3.8, 4) is 39.6 Å². The minimum absolute atomic E-state index is 0.0204. The lowest BCUT2D eigenvalue weighted by molar-refractivity contribution is -0.164. The van der Waals surface area contributed by atoms with Gasteiger partial charge in [0.1, 0.15) is 47.6 Å². The minimum Gasteiger partial charge on any atom is -0.490 e. The maximum Gasteiger partial charge on any atom is 0.258 e. The zero-order valence-electron chi connectivity index (χ0n) is 44.5. The van der Waals surface area contributed by atoms with E-state index in [2.05, 4.69) is 59.7 Å². The van der Waals surface area contributed by atoms with Gasteiger partial charge in [-0.15, -0.1) is 11.3 Å². The highest BCUT2D eigenvalue weighted by Crippen LogP contribution is 2.55. The number of thiazole rings is 1. The first kappa shape index (κ1) is 55.5. The third kappa shape index (κ3) is 12.6. The lowest BCUT2D eigenvalue weighted by Gasteiger charge is -2.63. The minimum atomic E-state index is -1.02. The lowest BCUT2D eigenvalue weighted by Crippen LogP contribution is -2.74. The number of nitrogens with zero attached hydrogens (tertiary/aromatic N) is 4. The van der Waals surface area contributed by atoms with Gasteiger partial charge in [-0.05, 0) is 98.5 Å². The first-order chi connectivity index (χ1) is 36.0. The molecule has 0 unspecified atom stereocenters. The Kier molecular flexibility index (Phi) is 16.7. The van der Waals surface area contributed by atoms with Crippen LogP contribution in [0.25, 0.3) is 10.4 Å². The predicted molar refractivity (Wildman–Crippen MR) is 289 cm³/mol. The van der Waals surface area contributed by atoms with Crippen LogP contribution >= 0.6 is 22.9 Å². The van der Waals surface area contributed by atoms with E-state index >= 15 is 0 Å². The fourth-order valence-electron chi connectivity index (χ4n) is 11.0. The highest BCUT2D eigenvalue weighted by Gasteiger charge is 2.64. The van der Waals surface area contributed by atoms with Crippen LogP contribution < -0.4 is 34.9 Å². The number of nitriles is 1. The Labute approximate surface area is 453 Å². The van der Waals surface area contributed by atoms with Crippen molar-refractivity contribution in [2.24, 2.45) is 16.2 Å². The van der Waals surface area contributed by atoms with Crippen LogP contribution in [-0.4, -0.2) is 99.3 Å². The smallest absolute Gasteiger partial charge is 0.258 e. The molecule has 2 aromatic heterocycles. The van der Waals surface area contributed by atoms with Crippen LogP contribution in [0.15, 0.2) is 90.6 Å². The summed E-state index contributed by atoms with van der Waals surface area (Å²) in [6, 6.07) is 23.1. The molecule has 2 aliphatic carbocycles. The number of carbonyl (C=O) groups is 4. The van der Waals surface area contributed by atoms with Gasteiger partial charge < -0.3 is 44.9 Å². The van der Waals surface area contributed by atoms with Crippen molar-refractivity contribution in [1.82, 2.24) is 30.8 Å². The first-order valence-electron chi connectivity index (χ1n) is 25.8. The molecule has 4 amide bonds. The second-order valence-corrected chi connectivity index (χ2v) is 23.7. The summed E-state index contributed by atoms with van der Waals surface area (Å²) in [6.45, 7) is 17.1. The Morgan fingerprint density at radius 3 is 2.11 bits per heavy atom. The van der Waals surface area contributed by atoms with E-state index in [4.69, 9.17) is 30.5 Å². The first-order valence-corrected chi connectivity index (χ1v) is 27.1. The molecular formula is C58H68ClN7O9S. The Morgan fingerprint density at radius 1 is 0.868 bits per heavy atom. The van der Waals surface area contributed by atoms with E-state index in [1.807, 2.05) is 76.5 Å². The summed E-state index contributed by atoms with van der Waals surface area (Å²) in [7, 11) is 0. The number of β-amino-alcohol motifs (C(OH)–C–C–N with tert-alkyl or cyclic N) is 1. The number of hydrogen-bond donors (Lipinski definition) is 4. The molecule has 3 fully saturated rings. The zero-order valence-corrected chi connectivity index (χ0v) is 46.1. The summed E-state index contributed by atoms with van der Waals surface area (Å²) in [5.41, 5.74) is 4.07. The molecule has 1 aliphatic heterocycles. The number of rotatable bonds is 17. The van der Waals surface area contributed by atoms with Crippen molar-refractivity contribution in [1.29, 1.82) is 5.26 Å². The molecule has 8 rings (SSSR count). The molecule has 2 saturated carbocycles. The summed E-state index contributed by atoms with van der Waals surface area (Å²) in [4.78, 5) is 65.9. The number of aryl methyl sites for hydroxylation is 1. The maximum absolute atomic E-state index is 14.2. The second kappa shape index (κ2) is 22.8. The molecule has 1 saturated heterocycles.